The van der Waals surface area contributed by atoms with E-state index >= 15 is 0 Å². The monoisotopic (exact) mass is 680 g/mol. The Kier molecular flexibility index (Phi) is 9.71. The minimum absolute atomic E-state index is 0.173. The molecule has 5 aliphatic rings. The van der Waals surface area contributed by atoms with Gasteiger partial charge in [-0.2, -0.15) is 0 Å². The van der Waals surface area contributed by atoms with Gasteiger partial charge in [0.25, 0.3) is 0 Å². The number of aliphatic hydroxyl groups is 1. The van der Waals surface area contributed by atoms with Crippen LogP contribution in [0, 0.1) is 29.6 Å². The Morgan fingerprint density at radius 2 is 1.98 bits per heavy atom. The number of aryl methyl sites for hydroxylation is 1. The van der Waals surface area contributed by atoms with Crippen molar-refractivity contribution in [2.45, 2.75) is 89.4 Å². The molecule has 12 atom stereocenters. The van der Waals surface area contributed by atoms with Crippen molar-refractivity contribution in [2.75, 3.05) is 7.11 Å². The Bertz CT molecular complexity index is 1610. The minimum atomic E-state index is -1.23. The summed E-state index contributed by atoms with van der Waals surface area (Å²) in [7, 11) is 3.14. The molecule has 264 valence electrons. The summed E-state index contributed by atoms with van der Waals surface area (Å²) in [5.74, 6) is -5.53. The van der Waals surface area contributed by atoms with Crippen molar-refractivity contribution in [3.05, 3.63) is 65.8 Å². The molecule has 2 fully saturated rings. The second-order valence-corrected chi connectivity index (χ2v) is 13.8. The van der Waals surface area contributed by atoms with E-state index in [1.807, 2.05) is 51.2 Å². The van der Waals surface area contributed by atoms with E-state index in [0.29, 0.717) is 17.7 Å². The number of cyclic esters (lactones) is 1. The van der Waals surface area contributed by atoms with Gasteiger partial charge < -0.3 is 38.1 Å². The topological polar surface area (TPSA) is 162 Å². The van der Waals surface area contributed by atoms with Crippen molar-refractivity contribution < 1.29 is 52.7 Å². The third-order valence-electron chi connectivity index (χ3n) is 10.9. The molecular weight excluding hydrogens is 636 g/mol. The first-order valence-electron chi connectivity index (χ1n) is 16.7. The van der Waals surface area contributed by atoms with E-state index in [9.17, 15) is 24.3 Å². The number of aliphatic hydroxyl groups excluding tert-OH is 1. The quantitative estimate of drug-likeness (QED) is 0.194. The number of allylic oxidation sites excluding steroid dienone is 3. The first kappa shape index (κ1) is 34.8. The number of nitrogens with zero attached hydrogens (tertiary/aromatic N) is 2. The predicted octanol–water partition coefficient (Wildman–Crippen LogP) is 2.67. The molecule has 0 radical (unpaired) electrons. The van der Waals surface area contributed by atoms with Crippen LogP contribution < -0.4 is 0 Å². The summed E-state index contributed by atoms with van der Waals surface area (Å²) in [6.07, 6.45) is 9.84. The van der Waals surface area contributed by atoms with E-state index in [1.165, 1.54) is 26.6 Å². The number of rotatable bonds is 7. The number of imidazole rings is 1. The second kappa shape index (κ2) is 13.7. The van der Waals surface area contributed by atoms with Crippen LogP contribution in [0.5, 0.6) is 0 Å². The van der Waals surface area contributed by atoms with Crippen molar-refractivity contribution in [1.82, 2.24) is 9.55 Å². The average Bonchev–Trinajstić information content (AvgIpc) is 3.80. The summed E-state index contributed by atoms with van der Waals surface area (Å²) in [6.45, 7) is 6.96. The largest absolute Gasteiger partial charge is 0.456 e. The number of esters is 4. The molecular formula is C36H44N2O11. The van der Waals surface area contributed by atoms with Gasteiger partial charge in [-0.25, -0.2) is 24.2 Å². The Balaban J connectivity index is 1.27. The molecule has 1 saturated heterocycles. The molecule has 0 aromatic carbocycles. The Hall–Kier alpha value is -4.07. The normalized spacial score (nSPS) is 38.0. The summed E-state index contributed by atoms with van der Waals surface area (Å²) < 4.78 is 36.9. The predicted molar refractivity (Wildman–Crippen MR) is 171 cm³/mol. The lowest BCUT2D eigenvalue weighted by atomic mass is 9.57. The van der Waals surface area contributed by atoms with E-state index in [2.05, 4.69) is 4.98 Å². The molecule has 13 nitrogen and oxygen atoms in total. The highest BCUT2D eigenvalue weighted by Gasteiger charge is 2.69. The van der Waals surface area contributed by atoms with Gasteiger partial charge >= 0.3 is 23.9 Å². The number of hydrogen-bond donors (Lipinski definition) is 1. The van der Waals surface area contributed by atoms with Crippen LogP contribution in [0.2, 0.25) is 0 Å². The maximum atomic E-state index is 13.6. The minimum Gasteiger partial charge on any atom is -0.456 e. The van der Waals surface area contributed by atoms with Crippen LogP contribution in [0.25, 0.3) is 0 Å². The molecule has 4 bridgehead atoms. The molecule has 3 heterocycles. The molecule has 13 heteroatoms. The Labute approximate surface area is 284 Å². The molecule has 6 rings (SSSR count). The molecule has 1 aromatic heterocycles. The van der Waals surface area contributed by atoms with Crippen LogP contribution >= 0.6 is 0 Å². The average molecular weight is 681 g/mol. The third-order valence-corrected chi connectivity index (χ3v) is 10.9. The zero-order chi connectivity index (χ0) is 35.2. The first-order valence-corrected chi connectivity index (χ1v) is 16.7. The summed E-state index contributed by atoms with van der Waals surface area (Å²) in [5.41, 5.74) is 0.859. The van der Waals surface area contributed by atoms with Crippen molar-refractivity contribution in [2.24, 2.45) is 36.6 Å². The lowest BCUT2D eigenvalue weighted by Crippen LogP contribution is -2.57. The van der Waals surface area contributed by atoms with E-state index in [0.717, 1.165) is 5.57 Å². The van der Waals surface area contributed by atoms with Crippen LogP contribution in [0.3, 0.4) is 0 Å². The lowest BCUT2D eigenvalue weighted by Gasteiger charge is -2.49. The number of carbonyl (C=O) groups is 4. The van der Waals surface area contributed by atoms with Crippen molar-refractivity contribution in [3.63, 3.8) is 0 Å². The summed E-state index contributed by atoms with van der Waals surface area (Å²) in [4.78, 5) is 56.0. The number of hydrogen-bond acceptors (Lipinski definition) is 12. The van der Waals surface area contributed by atoms with Gasteiger partial charge in [0.15, 0.2) is 6.10 Å². The van der Waals surface area contributed by atoms with Gasteiger partial charge in [-0.3, -0.25) is 0 Å². The van der Waals surface area contributed by atoms with Gasteiger partial charge in [0.05, 0.1) is 24.3 Å². The summed E-state index contributed by atoms with van der Waals surface area (Å²) in [5, 5.41) is 11.9. The van der Waals surface area contributed by atoms with Gasteiger partial charge in [0.2, 0.25) is 0 Å². The first-order chi connectivity index (χ1) is 23.4. The molecule has 1 saturated carbocycles. The maximum Gasteiger partial charge on any atom is 0.417 e. The van der Waals surface area contributed by atoms with Gasteiger partial charge in [-0.05, 0) is 32.3 Å². The fourth-order valence-electron chi connectivity index (χ4n) is 8.29. The van der Waals surface area contributed by atoms with Gasteiger partial charge in [-0.15, -0.1) is 0 Å². The SMILES string of the molecule is CO[C@H]1C[C@H]2C=CC3C4C(O)[C@@H](C)[C@@H](OC(=O)C5=CC=CC5)[C@@H]3O[C@]42/C(C)=C/[C@@H](C)[C@@H]([C@@H](C)OC(=O)C(=O)OCc2cncn2C)OC1=O. The smallest absolute Gasteiger partial charge is 0.417 e. The standard InChI is InChI=1S/C36H44N2O11/c1-18-13-19(2)36-23(11-12-25-27(36)28(39)20(3)30(31(25)49-36)48-32(40)22-9-7-8-10-22)14-26(44-6)33(41)47-29(18)21(4)46-35(43)34(42)45-16-24-15-37-17-38(24)5/h7-9,11-13,15,17-18,20-21,23,25-31,39H,10,14,16H2,1-6H3/b19-13+/t18-,20-,21-,23-,25?,26+,27?,28?,29+,30-,31-,36+/m1/s1. The number of carbonyl (C=O) groups excluding carboxylic acids is 4. The fraction of sp³-hybridized carbons (Fsp3) is 0.583. The van der Waals surface area contributed by atoms with E-state index in [-0.39, 0.29) is 18.9 Å². The van der Waals surface area contributed by atoms with Crippen molar-refractivity contribution >= 4 is 23.9 Å². The molecule has 1 aromatic rings. The van der Waals surface area contributed by atoms with E-state index < -0.39 is 89.8 Å². The highest BCUT2D eigenvalue weighted by molar-refractivity contribution is 6.29. The third kappa shape index (κ3) is 6.16. The van der Waals surface area contributed by atoms with Crippen molar-refractivity contribution in [1.29, 1.82) is 0 Å². The molecule has 1 N–H and O–H groups in total. The molecule has 3 aliphatic carbocycles. The van der Waals surface area contributed by atoms with Gasteiger partial charge in [-0.1, -0.05) is 50.3 Å². The van der Waals surface area contributed by atoms with Crippen LogP contribution in [-0.4, -0.2) is 87.9 Å². The molecule has 3 unspecified atom stereocenters. The fourth-order valence-corrected chi connectivity index (χ4v) is 8.29. The van der Waals surface area contributed by atoms with Crippen molar-refractivity contribution in [3.8, 4) is 0 Å². The number of ether oxygens (including phenoxy) is 6. The summed E-state index contributed by atoms with van der Waals surface area (Å²) in [6, 6.07) is 0. The molecule has 1 spiro atoms. The highest BCUT2D eigenvalue weighted by Crippen LogP contribution is 2.61. The molecule has 0 amide bonds. The van der Waals surface area contributed by atoms with Crippen LogP contribution in [0.15, 0.2) is 60.1 Å². The zero-order valence-corrected chi connectivity index (χ0v) is 28.5. The highest BCUT2D eigenvalue weighted by atomic mass is 16.6. The van der Waals surface area contributed by atoms with Crippen LogP contribution in [-0.2, 0) is 61.3 Å². The lowest BCUT2D eigenvalue weighted by molar-refractivity contribution is -0.184. The Morgan fingerprint density at radius 1 is 1.20 bits per heavy atom. The van der Waals surface area contributed by atoms with E-state index in [4.69, 9.17) is 28.4 Å². The van der Waals surface area contributed by atoms with Crippen LogP contribution in [0.4, 0.5) is 0 Å². The number of methoxy groups -OCH3 is 1. The maximum absolute atomic E-state index is 13.6. The summed E-state index contributed by atoms with van der Waals surface area (Å²) >= 11 is 0. The molecule has 49 heavy (non-hydrogen) atoms. The Morgan fingerprint density at radius 3 is 2.65 bits per heavy atom. The van der Waals surface area contributed by atoms with Crippen LogP contribution in [0.1, 0.15) is 46.2 Å². The number of aromatic nitrogens is 2. The van der Waals surface area contributed by atoms with Gasteiger partial charge in [0.1, 0.15) is 36.6 Å². The second-order valence-electron chi connectivity index (χ2n) is 13.8. The van der Waals surface area contributed by atoms with Gasteiger partial charge in [0, 0.05) is 49.3 Å². The molecule has 2 aliphatic heterocycles. The van der Waals surface area contributed by atoms with E-state index in [1.54, 1.807) is 17.7 Å². The zero-order valence-electron chi connectivity index (χ0n) is 28.5.